The van der Waals surface area contributed by atoms with E-state index in [0.717, 1.165) is 28.8 Å². The molecule has 0 bridgehead atoms. The Bertz CT molecular complexity index is 731. The summed E-state index contributed by atoms with van der Waals surface area (Å²) in [5, 5.41) is 8.91. The van der Waals surface area contributed by atoms with Crippen LogP contribution in [0.5, 0.6) is 0 Å². The molecular formula is C15H15N5. The Morgan fingerprint density at radius 2 is 2.15 bits per heavy atom. The Morgan fingerprint density at radius 1 is 1.25 bits per heavy atom. The Kier molecular flexibility index (Phi) is 2.70. The van der Waals surface area contributed by atoms with Crippen LogP contribution in [0.4, 0.5) is 0 Å². The second-order valence-corrected chi connectivity index (χ2v) is 5.16. The molecule has 100 valence electrons. The average Bonchev–Trinajstić information content (AvgIpc) is 3.16. The van der Waals surface area contributed by atoms with Crippen molar-refractivity contribution < 1.29 is 0 Å². The van der Waals surface area contributed by atoms with Crippen molar-refractivity contribution in [3.8, 4) is 5.82 Å². The minimum absolute atomic E-state index is 0.671. The monoisotopic (exact) mass is 265 g/mol. The number of hydrogen-bond donors (Lipinski definition) is 1. The lowest BCUT2D eigenvalue weighted by atomic mass is 10.1. The van der Waals surface area contributed by atoms with Crippen molar-refractivity contribution in [3.63, 3.8) is 0 Å². The fourth-order valence-corrected chi connectivity index (χ4v) is 2.34. The van der Waals surface area contributed by atoms with E-state index in [-0.39, 0.29) is 0 Å². The summed E-state index contributed by atoms with van der Waals surface area (Å²) in [7, 11) is 0. The van der Waals surface area contributed by atoms with Crippen LogP contribution in [0.25, 0.3) is 16.7 Å². The Labute approximate surface area is 116 Å². The van der Waals surface area contributed by atoms with Crippen LogP contribution in [0.3, 0.4) is 0 Å². The molecule has 1 saturated carbocycles. The molecule has 0 aliphatic heterocycles. The first-order chi connectivity index (χ1) is 9.90. The van der Waals surface area contributed by atoms with Crippen molar-refractivity contribution in [3.05, 3.63) is 48.5 Å². The molecule has 0 spiro atoms. The van der Waals surface area contributed by atoms with Gasteiger partial charge in [0.2, 0.25) is 0 Å². The summed E-state index contributed by atoms with van der Waals surface area (Å²) in [5.74, 6) is 0.856. The molecule has 4 rings (SSSR count). The van der Waals surface area contributed by atoms with Gasteiger partial charge in [0.15, 0.2) is 5.82 Å². The second kappa shape index (κ2) is 4.68. The molecule has 1 aromatic carbocycles. The van der Waals surface area contributed by atoms with Crippen molar-refractivity contribution in [2.24, 2.45) is 0 Å². The van der Waals surface area contributed by atoms with E-state index in [2.05, 4.69) is 27.5 Å². The number of nitrogens with zero attached hydrogens (tertiary/aromatic N) is 4. The van der Waals surface area contributed by atoms with Gasteiger partial charge in [0.05, 0.1) is 5.52 Å². The van der Waals surface area contributed by atoms with Crippen molar-refractivity contribution in [2.45, 2.75) is 25.4 Å². The molecule has 5 heteroatoms. The highest BCUT2D eigenvalue weighted by molar-refractivity contribution is 5.80. The second-order valence-electron chi connectivity index (χ2n) is 5.16. The van der Waals surface area contributed by atoms with Gasteiger partial charge in [0.25, 0.3) is 0 Å². The summed E-state index contributed by atoms with van der Waals surface area (Å²) in [6.07, 6.45) is 5.78. The summed E-state index contributed by atoms with van der Waals surface area (Å²) in [5.41, 5.74) is 2.13. The molecule has 1 N–H and O–H groups in total. The molecule has 0 radical (unpaired) electrons. The topological polar surface area (TPSA) is 55.6 Å². The number of rotatable bonds is 4. The van der Waals surface area contributed by atoms with Crippen LogP contribution in [0.2, 0.25) is 0 Å². The SMILES string of the molecule is c1ccc2nc(-n3cncn3)c(CNC3CC3)cc2c1. The van der Waals surface area contributed by atoms with Gasteiger partial charge in [0.1, 0.15) is 12.7 Å². The third-order valence-electron chi connectivity index (χ3n) is 3.57. The Hall–Kier alpha value is -2.27. The quantitative estimate of drug-likeness (QED) is 0.784. The van der Waals surface area contributed by atoms with E-state index in [4.69, 9.17) is 4.98 Å². The maximum atomic E-state index is 4.74. The number of benzene rings is 1. The van der Waals surface area contributed by atoms with Gasteiger partial charge in [-0.1, -0.05) is 18.2 Å². The van der Waals surface area contributed by atoms with Crippen LogP contribution in [0.15, 0.2) is 43.0 Å². The van der Waals surface area contributed by atoms with Crippen molar-refractivity contribution in [1.82, 2.24) is 25.1 Å². The highest BCUT2D eigenvalue weighted by Crippen LogP contribution is 2.22. The van der Waals surface area contributed by atoms with Gasteiger partial charge < -0.3 is 5.32 Å². The molecule has 0 unspecified atom stereocenters. The van der Waals surface area contributed by atoms with E-state index in [1.165, 1.54) is 19.2 Å². The van der Waals surface area contributed by atoms with E-state index in [9.17, 15) is 0 Å². The molecule has 2 heterocycles. The van der Waals surface area contributed by atoms with Gasteiger partial charge in [-0.2, -0.15) is 5.10 Å². The summed E-state index contributed by atoms with van der Waals surface area (Å²) in [6, 6.07) is 11.0. The molecule has 5 nitrogen and oxygen atoms in total. The lowest BCUT2D eigenvalue weighted by molar-refractivity contribution is 0.678. The summed E-state index contributed by atoms with van der Waals surface area (Å²) >= 11 is 0. The number of nitrogens with one attached hydrogen (secondary N) is 1. The van der Waals surface area contributed by atoms with Gasteiger partial charge in [-0.15, -0.1) is 0 Å². The highest BCUT2D eigenvalue weighted by Gasteiger charge is 2.21. The van der Waals surface area contributed by atoms with E-state index < -0.39 is 0 Å². The van der Waals surface area contributed by atoms with Gasteiger partial charge in [-0.3, -0.25) is 0 Å². The van der Waals surface area contributed by atoms with Crippen LogP contribution >= 0.6 is 0 Å². The van der Waals surface area contributed by atoms with Gasteiger partial charge in [0, 0.05) is 23.5 Å². The van der Waals surface area contributed by atoms with Crippen LogP contribution in [-0.2, 0) is 6.54 Å². The zero-order valence-corrected chi connectivity index (χ0v) is 11.0. The highest BCUT2D eigenvalue weighted by atomic mass is 15.3. The minimum Gasteiger partial charge on any atom is -0.310 e. The normalized spacial score (nSPS) is 14.8. The van der Waals surface area contributed by atoms with E-state index in [0.29, 0.717) is 6.04 Å². The first-order valence-corrected chi connectivity index (χ1v) is 6.87. The maximum absolute atomic E-state index is 4.74. The molecule has 1 fully saturated rings. The van der Waals surface area contributed by atoms with Crippen molar-refractivity contribution in [2.75, 3.05) is 0 Å². The predicted molar refractivity (Wildman–Crippen MR) is 76.5 cm³/mol. The van der Waals surface area contributed by atoms with Gasteiger partial charge >= 0.3 is 0 Å². The Balaban J connectivity index is 1.81. The average molecular weight is 265 g/mol. The van der Waals surface area contributed by atoms with Gasteiger partial charge in [-0.25, -0.2) is 14.6 Å². The molecule has 3 aromatic rings. The smallest absolute Gasteiger partial charge is 0.160 e. The van der Waals surface area contributed by atoms with Crippen molar-refractivity contribution >= 4 is 10.9 Å². The molecule has 0 amide bonds. The summed E-state index contributed by atoms with van der Waals surface area (Å²) in [6.45, 7) is 0.817. The number of aromatic nitrogens is 4. The number of fused-ring (bicyclic) bond motifs is 1. The van der Waals surface area contributed by atoms with Crippen LogP contribution in [0.1, 0.15) is 18.4 Å². The zero-order chi connectivity index (χ0) is 13.4. The number of para-hydroxylation sites is 1. The fraction of sp³-hybridized carbons (Fsp3) is 0.267. The first-order valence-electron chi connectivity index (χ1n) is 6.87. The van der Waals surface area contributed by atoms with Crippen molar-refractivity contribution in [1.29, 1.82) is 0 Å². The third-order valence-corrected chi connectivity index (χ3v) is 3.57. The van der Waals surface area contributed by atoms with E-state index in [1.807, 2.05) is 18.2 Å². The molecule has 1 aliphatic rings. The predicted octanol–water partition coefficient (Wildman–Crippen LogP) is 2.07. The Morgan fingerprint density at radius 3 is 2.95 bits per heavy atom. The molecular weight excluding hydrogens is 250 g/mol. The van der Waals surface area contributed by atoms with Gasteiger partial charge in [-0.05, 0) is 25.0 Å². The van der Waals surface area contributed by atoms with Crippen LogP contribution < -0.4 is 5.32 Å². The molecule has 1 aliphatic carbocycles. The molecule has 0 saturated heterocycles. The lowest BCUT2D eigenvalue weighted by Gasteiger charge is -2.11. The van der Waals surface area contributed by atoms with Crippen LogP contribution in [0, 0.1) is 0 Å². The summed E-state index contributed by atoms with van der Waals surface area (Å²) < 4.78 is 1.73. The van der Waals surface area contributed by atoms with E-state index in [1.54, 1.807) is 11.0 Å². The largest absolute Gasteiger partial charge is 0.310 e. The zero-order valence-electron chi connectivity index (χ0n) is 11.0. The third kappa shape index (κ3) is 2.16. The molecule has 2 aromatic heterocycles. The fourth-order valence-electron chi connectivity index (χ4n) is 2.34. The molecule has 20 heavy (non-hydrogen) atoms. The number of pyridine rings is 1. The first kappa shape index (κ1) is 11.5. The minimum atomic E-state index is 0.671. The van der Waals surface area contributed by atoms with E-state index >= 15 is 0 Å². The van der Waals surface area contributed by atoms with Crippen LogP contribution in [-0.4, -0.2) is 25.8 Å². The number of hydrogen-bond acceptors (Lipinski definition) is 4. The lowest BCUT2D eigenvalue weighted by Crippen LogP contribution is -2.17. The standard InChI is InChI=1S/C15H15N5/c1-2-4-14-11(3-1)7-12(8-17-13-5-6-13)15(19-14)20-10-16-9-18-20/h1-4,7,9-10,13,17H,5-6,8H2. The summed E-state index contributed by atoms with van der Waals surface area (Å²) in [4.78, 5) is 8.76. The molecule has 0 atom stereocenters. The maximum Gasteiger partial charge on any atom is 0.160 e.